The van der Waals surface area contributed by atoms with Crippen LogP contribution in [0.3, 0.4) is 0 Å². The van der Waals surface area contributed by atoms with Gasteiger partial charge in [-0.1, -0.05) is 0 Å². The van der Waals surface area contributed by atoms with Crippen LogP contribution in [0.25, 0.3) is 0 Å². The largest absolute Gasteiger partial charge is 0.390 e. The van der Waals surface area contributed by atoms with Crippen LogP contribution in [0, 0.1) is 5.92 Å². The molecule has 5 nitrogen and oxygen atoms in total. The smallest absolute Gasteiger partial charge is 0.154 e. The van der Waals surface area contributed by atoms with Gasteiger partial charge in [-0.2, -0.15) is 0 Å². The van der Waals surface area contributed by atoms with E-state index in [1.165, 1.54) is 12.8 Å². The molecule has 112 valence electrons. The Balaban J connectivity index is 2.03. The maximum Gasteiger partial charge on any atom is 0.154 e. The average Bonchev–Trinajstić information content (AvgIpc) is 2.60. The monoisotopic (exact) mass is 290 g/mol. The molecule has 0 saturated carbocycles. The van der Waals surface area contributed by atoms with E-state index in [4.69, 9.17) is 0 Å². The SMILES string of the molecule is CC(C)N(CC1CCCNC1)C1CS(=O)(=O)CC1O. The Morgan fingerprint density at radius 2 is 2.11 bits per heavy atom. The van der Waals surface area contributed by atoms with Gasteiger partial charge in [0.15, 0.2) is 9.84 Å². The summed E-state index contributed by atoms with van der Waals surface area (Å²) in [5.41, 5.74) is 0. The van der Waals surface area contributed by atoms with Gasteiger partial charge in [0.05, 0.1) is 23.7 Å². The molecule has 3 unspecified atom stereocenters. The van der Waals surface area contributed by atoms with Crippen LogP contribution in [0.5, 0.6) is 0 Å². The number of nitrogens with one attached hydrogen (secondary N) is 1. The Morgan fingerprint density at radius 1 is 1.37 bits per heavy atom. The van der Waals surface area contributed by atoms with Gasteiger partial charge >= 0.3 is 0 Å². The fraction of sp³-hybridized carbons (Fsp3) is 1.00. The molecule has 2 saturated heterocycles. The zero-order chi connectivity index (χ0) is 14.0. The molecule has 0 aromatic heterocycles. The molecule has 2 heterocycles. The standard InChI is InChI=1S/C13H26N2O3S/c1-10(2)15(7-11-4-3-5-14-6-11)12-8-19(17,18)9-13(12)16/h10-14,16H,3-9H2,1-2H3. The van der Waals surface area contributed by atoms with Crippen LogP contribution >= 0.6 is 0 Å². The molecule has 0 bridgehead atoms. The molecule has 2 aliphatic heterocycles. The number of sulfone groups is 1. The van der Waals surface area contributed by atoms with Crippen molar-refractivity contribution in [3.05, 3.63) is 0 Å². The summed E-state index contributed by atoms with van der Waals surface area (Å²) >= 11 is 0. The maximum absolute atomic E-state index is 11.7. The van der Waals surface area contributed by atoms with Gasteiger partial charge in [0, 0.05) is 12.6 Å². The number of aliphatic hydroxyl groups is 1. The summed E-state index contributed by atoms with van der Waals surface area (Å²) in [4.78, 5) is 2.19. The summed E-state index contributed by atoms with van der Waals surface area (Å²) in [6, 6.07) is 0.0294. The van der Waals surface area contributed by atoms with Crippen molar-refractivity contribution in [1.29, 1.82) is 0 Å². The second-order valence-electron chi connectivity index (χ2n) is 6.21. The van der Waals surface area contributed by atoms with Gasteiger partial charge in [-0.05, 0) is 45.7 Å². The molecule has 0 aliphatic carbocycles. The minimum atomic E-state index is -3.07. The highest BCUT2D eigenvalue weighted by Gasteiger charge is 2.41. The fourth-order valence-corrected chi connectivity index (χ4v) is 5.05. The van der Waals surface area contributed by atoms with Gasteiger partial charge in [0.2, 0.25) is 0 Å². The summed E-state index contributed by atoms with van der Waals surface area (Å²) in [6.45, 7) is 7.11. The van der Waals surface area contributed by atoms with Crippen LogP contribution < -0.4 is 5.32 Å². The van der Waals surface area contributed by atoms with E-state index in [1.807, 2.05) is 0 Å². The Hall–Kier alpha value is -0.170. The summed E-state index contributed by atoms with van der Waals surface area (Å²) in [5.74, 6) is 0.586. The van der Waals surface area contributed by atoms with Gasteiger partial charge in [-0.15, -0.1) is 0 Å². The Bertz CT molecular complexity index is 391. The lowest BCUT2D eigenvalue weighted by molar-refractivity contribution is 0.0487. The zero-order valence-electron chi connectivity index (χ0n) is 11.9. The average molecular weight is 290 g/mol. The van der Waals surface area contributed by atoms with Crippen molar-refractivity contribution in [3.8, 4) is 0 Å². The van der Waals surface area contributed by atoms with E-state index in [2.05, 4.69) is 24.1 Å². The number of rotatable bonds is 4. The fourth-order valence-electron chi connectivity index (χ4n) is 3.23. The first-order valence-corrected chi connectivity index (χ1v) is 9.06. The summed E-state index contributed by atoms with van der Waals surface area (Å²) in [6.07, 6.45) is 1.64. The van der Waals surface area contributed by atoms with Crippen LogP contribution in [0.2, 0.25) is 0 Å². The number of hydrogen-bond acceptors (Lipinski definition) is 5. The van der Waals surface area contributed by atoms with E-state index >= 15 is 0 Å². The van der Waals surface area contributed by atoms with Crippen molar-refractivity contribution in [2.24, 2.45) is 5.92 Å². The molecule has 2 fully saturated rings. The minimum Gasteiger partial charge on any atom is -0.390 e. The Morgan fingerprint density at radius 3 is 2.58 bits per heavy atom. The third kappa shape index (κ3) is 3.90. The van der Waals surface area contributed by atoms with Crippen molar-refractivity contribution in [3.63, 3.8) is 0 Å². The van der Waals surface area contributed by atoms with Crippen LogP contribution in [0.4, 0.5) is 0 Å². The lowest BCUT2D eigenvalue weighted by atomic mass is 9.97. The van der Waals surface area contributed by atoms with Gasteiger partial charge < -0.3 is 10.4 Å². The molecule has 0 spiro atoms. The summed E-state index contributed by atoms with van der Waals surface area (Å²) in [7, 11) is -3.07. The normalized spacial score (nSPS) is 35.1. The number of piperidine rings is 1. The lowest BCUT2D eigenvalue weighted by Gasteiger charge is -2.37. The molecule has 2 N–H and O–H groups in total. The van der Waals surface area contributed by atoms with Crippen molar-refractivity contribution >= 4 is 9.84 Å². The number of nitrogens with zero attached hydrogens (tertiary/aromatic N) is 1. The van der Waals surface area contributed by atoms with Gasteiger partial charge in [-0.25, -0.2) is 8.42 Å². The predicted molar refractivity (Wildman–Crippen MR) is 75.9 cm³/mol. The lowest BCUT2D eigenvalue weighted by Crippen LogP contribution is -2.50. The Labute approximate surface area is 116 Å². The van der Waals surface area contributed by atoms with Crippen molar-refractivity contribution in [2.45, 2.75) is 44.9 Å². The molecule has 6 heteroatoms. The van der Waals surface area contributed by atoms with E-state index < -0.39 is 15.9 Å². The van der Waals surface area contributed by atoms with E-state index in [9.17, 15) is 13.5 Å². The molecule has 3 atom stereocenters. The second kappa shape index (κ2) is 6.08. The van der Waals surface area contributed by atoms with Gasteiger partial charge in [-0.3, -0.25) is 4.90 Å². The van der Waals surface area contributed by atoms with Crippen molar-refractivity contribution in [2.75, 3.05) is 31.1 Å². The second-order valence-corrected chi connectivity index (χ2v) is 8.37. The van der Waals surface area contributed by atoms with Crippen LogP contribution in [-0.2, 0) is 9.84 Å². The first-order valence-electron chi connectivity index (χ1n) is 7.24. The van der Waals surface area contributed by atoms with Crippen LogP contribution in [-0.4, -0.2) is 67.8 Å². The first-order chi connectivity index (χ1) is 8.89. The molecule has 0 aromatic rings. The summed E-state index contributed by atoms with van der Waals surface area (Å²) < 4.78 is 23.3. The molecule has 2 aliphatic rings. The van der Waals surface area contributed by atoms with Gasteiger partial charge in [0.1, 0.15) is 0 Å². The highest BCUT2D eigenvalue weighted by atomic mass is 32.2. The third-order valence-electron chi connectivity index (χ3n) is 4.25. The highest BCUT2D eigenvalue weighted by molar-refractivity contribution is 7.91. The van der Waals surface area contributed by atoms with E-state index in [1.54, 1.807) is 0 Å². The first kappa shape index (κ1) is 15.2. The molecular weight excluding hydrogens is 264 g/mol. The van der Waals surface area contributed by atoms with E-state index in [-0.39, 0.29) is 23.6 Å². The van der Waals surface area contributed by atoms with Crippen molar-refractivity contribution in [1.82, 2.24) is 10.2 Å². The minimum absolute atomic E-state index is 0.0796. The molecule has 0 amide bonds. The molecular formula is C13H26N2O3S. The summed E-state index contributed by atoms with van der Waals surface area (Å²) in [5, 5.41) is 13.4. The quantitative estimate of drug-likeness (QED) is 0.754. The maximum atomic E-state index is 11.7. The number of aliphatic hydroxyl groups excluding tert-OH is 1. The van der Waals surface area contributed by atoms with E-state index in [0.717, 1.165) is 19.6 Å². The van der Waals surface area contributed by atoms with Crippen molar-refractivity contribution < 1.29 is 13.5 Å². The zero-order valence-corrected chi connectivity index (χ0v) is 12.7. The van der Waals surface area contributed by atoms with Crippen LogP contribution in [0.1, 0.15) is 26.7 Å². The molecule has 0 radical (unpaired) electrons. The Kier molecular flexibility index (Phi) is 4.87. The topological polar surface area (TPSA) is 69.6 Å². The predicted octanol–water partition coefficient (Wildman–Crippen LogP) is -0.146. The molecule has 0 aromatic carbocycles. The number of hydrogen-bond donors (Lipinski definition) is 2. The molecule has 19 heavy (non-hydrogen) atoms. The third-order valence-corrected chi connectivity index (χ3v) is 5.95. The highest BCUT2D eigenvalue weighted by Crippen LogP contribution is 2.23. The molecule has 2 rings (SSSR count). The van der Waals surface area contributed by atoms with Gasteiger partial charge in [0.25, 0.3) is 0 Å². The van der Waals surface area contributed by atoms with Crippen LogP contribution in [0.15, 0.2) is 0 Å². The van der Waals surface area contributed by atoms with E-state index in [0.29, 0.717) is 5.92 Å².